The van der Waals surface area contributed by atoms with Gasteiger partial charge in [-0.1, -0.05) is 18.2 Å². The summed E-state index contributed by atoms with van der Waals surface area (Å²) in [6.07, 6.45) is 4.45. The molecule has 1 aliphatic rings. The minimum atomic E-state index is 0.242. The Morgan fingerprint density at radius 1 is 1.12 bits per heavy atom. The molecule has 0 N–H and O–H groups in total. The van der Waals surface area contributed by atoms with Crippen molar-refractivity contribution in [3.63, 3.8) is 0 Å². The van der Waals surface area contributed by atoms with Crippen LogP contribution in [0.15, 0.2) is 48.1 Å². The van der Waals surface area contributed by atoms with Crippen LogP contribution in [0.5, 0.6) is 0 Å². The van der Waals surface area contributed by atoms with Crippen LogP contribution < -0.4 is 4.90 Å². The van der Waals surface area contributed by atoms with Crippen molar-refractivity contribution in [2.45, 2.75) is 13.0 Å². The van der Waals surface area contributed by atoms with Crippen molar-refractivity contribution >= 4 is 33.3 Å². The summed E-state index contributed by atoms with van der Waals surface area (Å²) in [6, 6.07) is 10.4. The molecule has 1 aliphatic heterocycles. The van der Waals surface area contributed by atoms with Crippen LogP contribution in [0, 0.1) is 0 Å². The van der Waals surface area contributed by atoms with E-state index in [1.807, 2.05) is 28.6 Å². The molecule has 4 rings (SSSR count). The monoisotopic (exact) mass is 340 g/mol. The first-order valence-corrected chi connectivity index (χ1v) is 9.15. The van der Waals surface area contributed by atoms with E-state index in [1.54, 1.807) is 11.3 Å². The molecule has 3 heterocycles. The molecule has 2 aromatic heterocycles. The van der Waals surface area contributed by atoms with E-state index in [0.29, 0.717) is 6.42 Å². The molecular weight excluding hydrogens is 320 g/mol. The lowest BCUT2D eigenvalue weighted by Crippen LogP contribution is -2.48. The third kappa shape index (κ3) is 3.01. The van der Waals surface area contributed by atoms with E-state index >= 15 is 0 Å². The molecule has 6 heteroatoms. The molecule has 0 saturated carbocycles. The number of aryl methyl sites for hydroxylation is 1. The van der Waals surface area contributed by atoms with E-state index in [-0.39, 0.29) is 5.91 Å². The first-order valence-electron chi connectivity index (χ1n) is 8.27. The van der Waals surface area contributed by atoms with E-state index in [9.17, 15) is 4.79 Å². The normalized spacial score (nSPS) is 15.2. The molecule has 1 saturated heterocycles. The number of aromatic nitrogens is 2. The molecule has 24 heavy (non-hydrogen) atoms. The largest absolute Gasteiger partial charge is 0.347 e. The number of nitrogens with zero attached hydrogens (tertiary/aromatic N) is 4. The third-order valence-corrected chi connectivity index (χ3v) is 5.40. The van der Waals surface area contributed by atoms with Gasteiger partial charge in [-0.15, -0.1) is 11.3 Å². The summed E-state index contributed by atoms with van der Waals surface area (Å²) >= 11 is 1.66. The summed E-state index contributed by atoms with van der Waals surface area (Å²) in [6.45, 7) is 4.03. The predicted molar refractivity (Wildman–Crippen MR) is 97.5 cm³/mol. The van der Waals surface area contributed by atoms with Crippen molar-refractivity contribution in [3.8, 4) is 0 Å². The fraction of sp³-hybridized carbons (Fsp3) is 0.333. The van der Waals surface area contributed by atoms with Gasteiger partial charge >= 0.3 is 0 Å². The van der Waals surface area contributed by atoms with Crippen LogP contribution in [0.3, 0.4) is 0 Å². The number of para-hydroxylation sites is 1. The van der Waals surface area contributed by atoms with Gasteiger partial charge in [-0.2, -0.15) is 0 Å². The molecule has 1 aromatic carbocycles. The highest BCUT2D eigenvalue weighted by atomic mass is 32.1. The van der Waals surface area contributed by atoms with Crippen LogP contribution in [0.2, 0.25) is 0 Å². The van der Waals surface area contributed by atoms with Crippen LogP contribution in [0.1, 0.15) is 6.42 Å². The maximum absolute atomic E-state index is 12.5. The summed E-state index contributed by atoms with van der Waals surface area (Å²) < 4.78 is 2.17. The number of hydrogen-bond acceptors (Lipinski definition) is 4. The molecule has 0 aliphatic carbocycles. The molecule has 1 fully saturated rings. The van der Waals surface area contributed by atoms with Gasteiger partial charge in [0.05, 0.1) is 0 Å². The minimum absolute atomic E-state index is 0.242. The highest BCUT2D eigenvalue weighted by Crippen LogP contribution is 2.19. The Bertz CT molecular complexity index is 819. The summed E-state index contributed by atoms with van der Waals surface area (Å²) in [7, 11) is 0. The number of fused-ring (bicyclic) bond motifs is 1. The van der Waals surface area contributed by atoms with Gasteiger partial charge in [-0.25, -0.2) is 4.98 Å². The lowest BCUT2D eigenvalue weighted by molar-refractivity contribution is -0.131. The molecule has 0 unspecified atom stereocenters. The van der Waals surface area contributed by atoms with Crippen LogP contribution in [0.25, 0.3) is 10.9 Å². The van der Waals surface area contributed by atoms with Gasteiger partial charge in [-0.3, -0.25) is 4.79 Å². The number of amides is 1. The van der Waals surface area contributed by atoms with Gasteiger partial charge in [0, 0.05) is 62.4 Å². The third-order valence-electron chi connectivity index (χ3n) is 4.57. The van der Waals surface area contributed by atoms with Crippen LogP contribution >= 0.6 is 11.3 Å². The topological polar surface area (TPSA) is 41.4 Å². The summed E-state index contributed by atoms with van der Waals surface area (Å²) in [5.41, 5.74) is 1.19. The van der Waals surface area contributed by atoms with Crippen molar-refractivity contribution < 1.29 is 4.79 Å². The maximum Gasteiger partial charge on any atom is 0.224 e. The average Bonchev–Trinajstić information content (AvgIpc) is 3.30. The summed E-state index contributed by atoms with van der Waals surface area (Å²) in [4.78, 5) is 21.1. The first kappa shape index (κ1) is 15.2. The van der Waals surface area contributed by atoms with Crippen LogP contribution in [-0.4, -0.2) is 46.5 Å². The van der Waals surface area contributed by atoms with Gasteiger partial charge < -0.3 is 14.4 Å². The zero-order chi connectivity index (χ0) is 16.4. The number of benzene rings is 1. The smallest absolute Gasteiger partial charge is 0.224 e. The molecule has 5 nitrogen and oxygen atoms in total. The SMILES string of the molecule is O=C(CCn1ccc2ccccc21)N1CCN(c2nccs2)CC1. The number of anilines is 1. The van der Waals surface area contributed by atoms with E-state index in [0.717, 1.165) is 37.9 Å². The molecule has 124 valence electrons. The van der Waals surface area contributed by atoms with Crippen molar-refractivity contribution in [1.29, 1.82) is 0 Å². The number of rotatable bonds is 4. The van der Waals surface area contributed by atoms with E-state index in [1.165, 1.54) is 10.9 Å². The van der Waals surface area contributed by atoms with Crippen molar-refractivity contribution in [1.82, 2.24) is 14.5 Å². The zero-order valence-corrected chi connectivity index (χ0v) is 14.3. The number of piperazine rings is 1. The fourth-order valence-corrected chi connectivity index (χ4v) is 3.93. The molecule has 0 radical (unpaired) electrons. The Balaban J connectivity index is 1.32. The van der Waals surface area contributed by atoms with E-state index in [4.69, 9.17) is 0 Å². The molecule has 0 bridgehead atoms. The standard InChI is InChI=1S/C18H20N4OS/c23-17(6-9-20-8-5-15-3-1-2-4-16(15)20)21-10-12-22(13-11-21)18-19-7-14-24-18/h1-5,7-8,14H,6,9-13H2. The molecule has 3 aromatic rings. The van der Waals surface area contributed by atoms with E-state index < -0.39 is 0 Å². The number of carbonyl (C=O) groups is 1. The molecule has 0 spiro atoms. The van der Waals surface area contributed by atoms with Crippen LogP contribution in [-0.2, 0) is 11.3 Å². The lowest BCUT2D eigenvalue weighted by Gasteiger charge is -2.34. The van der Waals surface area contributed by atoms with Crippen molar-refractivity contribution in [2.75, 3.05) is 31.1 Å². The summed E-state index contributed by atoms with van der Waals surface area (Å²) in [5.74, 6) is 0.242. The maximum atomic E-state index is 12.5. The second kappa shape index (κ2) is 6.65. The predicted octanol–water partition coefficient (Wildman–Crippen LogP) is 2.84. The average molecular weight is 340 g/mol. The fourth-order valence-electron chi connectivity index (χ4n) is 3.23. The van der Waals surface area contributed by atoms with Gasteiger partial charge in [0.25, 0.3) is 0 Å². The molecular formula is C18H20N4OS. The Hall–Kier alpha value is -2.34. The van der Waals surface area contributed by atoms with Crippen molar-refractivity contribution in [2.24, 2.45) is 0 Å². The first-order chi connectivity index (χ1) is 11.8. The molecule has 1 amide bonds. The van der Waals surface area contributed by atoms with Gasteiger partial charge in [0.15, 0.2) is 5.13 Å². The van der Waals surface area contributed by atoms with Crippen molar-refractivity contribution in [3.05, 3.63) is 48.1 Å². The zero-order valence-electron chi connectivity index (χ0n) is 13.5. The lowest BCUT2D eigenvalue weighted by atomic mass is 10.2. The number of carbonyl (C=O) groups excluding carboxylic acids is 1. The number of hydrogen-bond donors (Lipinski definition) is 0. The highest BCUT2D eigenvalue weighted by Gasteiger charge is 2.22. The Labute approximate surface area is 145 Å². The highest BCUT2D eigenvalue weighted by molar-refractivity contribution is 7.13. The van der Waals surface area contributed by atoms with Gasteiger partial charge in [-0.05, 0) is 17.5 Å². The quantitative estimate of drug-likeness (QED) is 0.733. The minimum Gasteiger partial charge on any atom is -0.347 e. The molecule has 0 atom stereocenters. The van der Waals surface area contributed by atoms with Gasteiger partial charge in [0.2, 0.25) is 5.91 Å². The summed E-state index contributed by atoms with van der Waals surface area (Å²) in [5, 5.41) is 4.27. The van der Waals surface area contributed by atoms with Crippen LogP contribution in [0.4, 0.5) is 5.13 Å². The Morgan fingerprint density at radius 2 is 1.96 bits per heavy atom. The van der Waals surface area contributed by atoms with Gasteiger partial charge in [0.1, 0.15) is 0 Å². The Kier molecular flexibility index (Phi) is 4.21. The Morgan fingerprint density at radius 3 is 2.75 bits per heavy atom. The van der Waals surface area contributed by atoms with E-state index in [2.05, 4.69) is 38.8 Å². The second-order valence-corrected chi connectivity index (χ2v) is 6.87. The number of thiazole rings is 1. The second-order valence-electron chi connectivity index (χ2n) is 6.00.